The number of hydrogen-bond donors (Lipinski definition) is 0. The van der Waals surface area contributed by atoms with Crippen LogP contribution in [0.5, 0.6) is 5.75 Å². The Bertz CT molecular complexity index is 1430. The Morgan fingerprint density at radius 1 is 1.09 bits per heavy atom. The van der Waals surface area contributed by atoms with Gasteiger partial charge in [-0.05, 0) is 60.9 Å². The molecule has 0 radical (unpaired) electrons. The molecule has 0 spiro atoms. The molecule has 0 aliphatic carbocycles. The summed E-state index contributed by atoms with van der Waals surface area (Å²) in [4.78, 5) is 33.2. The highest BCUT2D eigenvalue weighted by atomic mass is 35.5. The smallest absolute Gasteiger partial charge is 0.296 e. The fraction of sp³-hybridized carbons (Fsp3) is 0.222. The normalized spacial score (nSPS) is 15.1. The molecule has 34 heavy (non-hydrogen) atoms. The predicted octanol–water partition coefficient (Wildman–Crippen LogP) is 6.08. The van der Waals surface area contributed by atoms with Gasteiger partial charge in [0.05, 0.1) is 23.6 Å². The van der Waals surface area contributed by atoms with E-state index >= 15 is 0 Å². The van der Waals surface area contributed by atoms with Crippen molar-refractivity contribution in [3.8, 4) is 5.75 Å². The summed E-state index contributed by atoms with van der Waals surface area (Å²) < 4.78 is 11.8. The van der Waals surface area contributed by atoms with E-state index in [0.717, 1.165) is 29.7 Å². The third-order valence-electron chi connectivity index (χ3n) is 5.94. The molecule has 7 heteroatoms. The molecule has 0 saturated heterocycles. The van der Waals surface area contributed by atoms with Crippen molar-refractivity contribution in [2.75, 3.05) is 11.5 Å². The second-order valence-corrected chi connectivity index (χ2v) is 8.79. The molecule has 0 bridgehead atoms. The first-order chi connectivity index (χ1) is 16.5. The van der Waals surface area contributed by atoms with Crippen LogP contribution in [-0.2, 0) is 0 Å². The number of aryl methyl sites for hydroxylation is 1. The van der Waals surface area contributed by atoms with E-state index in [9.17, 15) is 9.59 Å². The number of hydrogen-bond acceptors (Lipinski definition) is 5. The maximum Gasteiger partial charge on any atom is 0.296 e. The standard InChI is InChI=1S/C27H23ClN2O4/c1-3-4-13-33-19-9-6-17(7-10-19)24-23-25(31)20-14-18(28)8-11-21(20)34-26(23)27(32)30(24)22-12-5-16(2)15-29-22/h5-12,14-15,24H,3-4,13H2,1-2H3. The molecule has 0 saturated carbocycles. The summed E-state index contributed by atoms with van der Waals surface area (Å²) in [6, 6.07) is 15.2. The Labute approximate surface area is 201 Å². The number of rotatable bonds is 6. The van der Waals surface area contributed by atoms with Gasteiger partial charge < -0.3 is 9.15 Å². The number of unbranched alkanes of at least 4 members (excludes halogenated alkanes) is 1. The van der Waals surface area contributed by atoms with Crippen LogP contribution in [0.3, 0.4) is 0 Å². The van der Waals surface area contributed by atoms with Crippen LogP contribution in [-0.4, -0.2) is 17.5 Å². The number of carbonyl (C=O) groups excluding carboxylic acids is 1. The molecular weight excluding hydrogens is 452 g/mol. The Kier molecular flexibility index (Phi) is 5.84. The van der Waals surface area contributed by atoms with E-state index in [4.69, 9.17) is 20.8 Å². The summed E-state index contributed by atoms with van der Waals surface area (Å²) in [5.74, 6) is 0.792. The highest BCUT2D eigenvalue weighted by Crippen LogP contribution is 2.41. The van der Waals surface area contributed by atoms with Crippen LogP contribution in [0.2, 0.25) is 5.02 Å². The molecule has 1 aliphatic rings. The molecule has 1 atom stereocenters. The number of aromatic nitrogens is 1. The lowest BCUT2D eigenvalue weighted by Gasteiger charge is -2.24. The van der Waals surface area contributed by atoms with Gasteiger partial charge in [0.25, 0.3) is 5.91 Å². The first kappa shape index (κ1) is 22.2. The highest BCUT2D eigenvalue weighted by molar-refractivity contribution is 6.31. The fourth-order valence-corrected chi connectivity index (χ4v) is 4.35. The third-order valence-corrected chi connectivity index (χ3v) is 6.17. The monoisotopic (exact) mass is 474 g/mol. The molecular formula is C27H23ClN2O4. The van der Waals surface area contributed by atoms with Crippen molar-refractivity contribution in [2.24, 2.45) is 0 Å². The summed E-state index contributed by atoms with van der Waals surface area (Å²) in [5, 5.41) is 0.758. The van der Waals surface area contributed by atoms with Crippen molar-refractivity contribution in [1.29, 1.82) is 0 Å². The van der Waals surface area contributed by atoms with Crippen LogP contribution in [0, 0.1) is 6.92 Å². The van der Waals surface area contributed by atoms with E-state index in [-0.39, 0.29) is 16.8 Å². The molecule has 1 amide bonds. The van der Waals surface area contributed by atoms with E-state index in [1.165, 1.54) is 4.90 Å². The molecule has 4 aromatic rings. The number of amides is 1. The number of pyridine rings is 1. The van der Waals surface area contributed by atoms with Crippen molar-refractivity contribution < 1.29 is 13.9 Å². The van der Waals surface area contributed by atoms with Crippen LogP contribution in [0.15, 0.2) is 70.0 Å². The van der Waals surface area contributed by atoms with E-state index in [2.05, 4.69) is 11.9 Å². The first-order valence-corrected chi connectivity index (χ1v) is 11.6. The lowest BCUT2D eigenvalue weighted by atomic mass is 9.98. The molecule has 2 aromatic heterocycles. The minimum absolute atomic E-state index is 0.0236. The number of nitrogens with zero attached hydrogens (tertiary/aromatic N) is 2. The molecule has 3 heterocycles. The molecule has 1 aliphatic heterocycles. The highest BCUT2D eigenvalue weighted by Gasteiger charge is 2.44. The van der Waals surface area contributed by atoms with Crippen molar-refractivity contribution in [2.45, 2.75) is 32.7 Å². The second-order valence-electron chi connectivity index (χ2n) is 8.36. The molecule has 0 fully saturated rings. The van der Waals surface area contributed by atoms with Gasteiger partial charge in [-0.25, -0.2) is 4.98 Å². The van der Waals surface area contributed by atoms with Crippen LogP contribution >= 0.6 is 11.6 Å². The minimum atomic E-state index is -0.693. The predicted molar refractivity (Wildman–Crippen MR) is 132 cm³/mol. The zero-order valence-electron chi connectivity index (χ0n) is 18.9. The summed E-state index contributed by atoms with van der Waals surface area (Å²) in [7, 11) is 0. The van der Waals surface area contributed by atoms with E-state index in [1.807, 2.05) is 37.3 Å². The number of carbonyl (C=O) groups is 1. The zero-order valence-corrected chi connectivity index (χ0v) is 19.6. The summed E-state index contributed by atoms with van der Waals surface area (Å²) in [6.07, 6.45) is 3.71. The molecule has 0 N–H and O–H groups in total. The first-order valence-electron chi connectivity index (χ1n) is 11.2. The van der Waals surface area contributed by atoms with Crippen LogP contribution in [0.1, 0.15) is 53.1 Å². The molecule has 2 aromatic carbocycles. The van der Waals surface area contributed by atoms with Gasteiger partial charge in [0, 0.05) is 11.2 Å². The molecule has 5 rings (SSSR count). The van der Waals surface area contributed by atoms with Gasteiger partial charge in [0.1, 0.15) is 17.2 Å². The van der Waals surface area contributed by atoms with Crippen LogP contribution in [0.4, 0.5) is 5.82 Å². The zero-order chi connectivity index (χ0) is 23.8. The number of halogens is 1. The summed E-state index contributed by atoms with van der Waals surface area (Å²) >= 11 is 6.15. The minimum Gasteiger partial charge on any atom is -0.494 e. The summed E-state index contributed by atoms with van der Waals surface area (Å²) in [5.41, 5.74) is 2.04. The number of anilines is 1. The largest absolute Gasteiger partial charge is 0.494 e. The van der Waals surface area contributed by atoms with Gasteiger partial charge in [0.2, 0.25) is 5.76 Å². The molecule has 172 valence electrons. The van der Waals surface area contributed by atoms with Crippen LogP contribution in [0.25, 0.3) is 11.0 Å². The van der Waals surface area contributed by atoms with Crippen molar-refractivity contribution in [3.05, 3.63) is 98.5 Å². The topological polar surface area (TPSA) is 72.6 Å². The quantitative estimate of drug-likeness (QED) is 0.317. The van der Waals surface area contributed by atoms with Crippen molar-refractivity contribution >= 4 is 34.3 Å². The molecule has 6 nitrogen and oxygen atoms in total. The van der Waals surface area contributed by atoms with Crippen molar-refractivity contribution in [1.82, 2.24) is 4.98 Å². The lowest BCUT2D eigenvalue weighted by molar-refractivity contribution is 0.0970. The Balaban J connectivity index is 1.67. The van der Waals surface area contributed by atoms with Gasteiger partial charge in [-0.15, -0.1) is 0 Å². The summed E-state index contributed by atoms with van der Waals surface area (Å²) in [6.45, 7) is 4.67. The third kappa shape index (κ3) is 3.84. The van der Waals surface area contributed by atoms with Gasteiger partial charge in [-0.1, -0.05) is 43.1 Å². The number of fused-ring (bicyclic) bond motifs is 2. The Hall–Kier alpha value is -3.64. The Morgan fingerprint density at radius 3 is 2.59 bits per heavy atom. The number of ether oxygens (including phenoxy) is 1. The SMILES string of the molecule is CCCCOc1ccc(C2c3c(oc4ccc(Cl)cc4c3=O)C(=O)N2c2ccc(C)cn2)cc1. The van der Waals surface area contributed by atoms with Gasteiger partial charge >= 0.3 is 0 Å². The maximum atomic E-state index is 13.6. The average Bonchev–Trinajstić information content (AvgIpc) is 3.13. The Morgan fingerprint density at radius 2 is 1.88 bits per heavy atom. The van der Waals surface area contributed by atoms with E-state index in [0.29, 0.717) is 28.4 Å². The fourth-order valence-electron chi connectivity index (χ4n) is 4.18. The average molecular weight is 475 g/mol. The van der Waals surface area contributed by atoms with Gasteiger partial charge in [-0.3, -0.25) is 14.5 Å². The van der Waals surface area contributed by atoms with Gasteiger partial charge in [-0.2, -0.15) is 0 Å². The van der Waals surface area contributed by atoms with Crippen molar-refractivity contribution in [3.63, 3.8) is 0 Å². The van der Waals surface area contributed by atoms with Crippen LogP contribution < -0.4 is 15.1 Å². The van der Waals surface area contributed by atoms with E-state index in [1.54, 1.807) is 30.5 Å². The maximum absolute atomic E-state index is 13.6. The molecule has 1 unspecified atom stereocenters. The van der Waals surface area contributed by atoms with E-state index < -0.39 is 11.9 Å². The number of benzene rings is 2. The second kappa shape index (κ2) is 8.95. The van der Waals surface area contributed by atoms with Gasteiger partial charge in [0.15, 0.2) is 5.43 Å². The lowest BCUT2D eigenvalue weighted by Crippen LogP contribution is -2.30.